The van der Waals surface area contributed by atoms with E-state index in [1.165, 1.54) is 0 Å². The summed E-state index contributed by atoms with van der Waals surface area (Å²) in [7, 11) is 0. The minimum absolute atomic E-state index is 0.0165. The van der Waals surface area contributed by atoms with Gasteiger partial charge in [0.25, 0.3) is 0 Å². The Hall–Kier alpha value is -2.04. The maximum Gasteiger partial charge on any atom is 0.243 e. The molecule has 2 aromatic carbocycles. The summed E-state index contributed by atoms with van der Waals surface area (Å²) in [4.78, 5) is 28.0. The van der Waals surface area contributed by atoms with Gasteiger partial charge in [-0.05, 0) is 37.5 Å². The number of amides is 2. The summed E-state index contributed by atoms with van der Waals surface area (Å²) in [6.07, 6.45) is 2.27. The number of benzene rings is 2. The molecule has 0 bridgehead atoms. The number of nitrogens with one attached hydrogen (secondary N) is 1. The standard InChI is InChI=1S/C24H30Cl2N2O2/c1-4-10-23(29)28(16-19-20(25)13-9-14-21(19)26)22(24(30)27-17(3)5-2)15-18-11-7-6-8-12-18/h6-9,11-14,17,22H,4-5,10,15-16H2,1-3H3,(H,27,30)/t17-,22-/m1/s1. The van der Waals surface area contributed by atoms with Gasteiger partial charge in [-0.1, -0.05) is 73.4 Å². The summed E-state index contributed by atoms with van der Waals surface area (Å²) < 4.78 is 0. The first-order valence-electron chi connectivity index (χ1n) is 10.4. The van der Waals surface area contributed by atoms with Crippen LogP contribution in [0.25, 0.3) is 0 Å². The van der Waals surface area contributed by atoms with Gasteiger partial charge in [0.15, 0.2) is 0 Å². The van der Waals surface area contributed by atoms with Gasteiger partial charge in [-0.15, -0.1) is 0 Å². The minimum Gasteiger partial charge on any atom is -0.352 e. The van der Waals surface area contributed by atoms with E-state index in [-0.39, 0.29) is 24.4 Å². The molecule has 0 unspecified atom stereocenters. The summed E-state index contributed by atoms with van der Waals surface area (Å²) in [6, 6.07) is 14.3. The van der Waals surface area contributed by atoms with Crippen molar-refractivity contribution in [2.24, 2.45) is 0 Å². The van der Waals surface area contributed by atoms with Crippen molar-refractivity contribution in [1.29, 1.82) is 0 Å². The fourth-order valence-corrected chi connectivity index (χ4v) is 3.72. The van der Waals surface area contributed by atoms with E-state index in [9.17, 15) is 9.59 Å². The number of hydrogen-bond donors (Lipinski definition) is 1. The van der Waals surface area contributed by atoms with Crippen LogP contribution in [0.4, 0.5) is 0 Å². The van der Waals surface area contributed by atoms with E-state index in [0.717, 1.165) is 12.0 Å². The number of carbonyl (C=O) groups excluding carboxylic acids is 2. The molecule has 0 aliphatic rings. The molecule has 2 aromatic rings. The third-order valence-electron chi connectivity index (χ3n) is 5.13. The second kappa shape index (κ2) is 12.0. The molecule has 4 nitrogen and oxygen atoms in total. The van der Waals surface area contributed by atoms with Crippen molar-refractivity contribution >= 4 is 35.0 Å². The van der Waals surface area contributed by atoms with Crippen LogP contribution >= 0.6 is 23.2 Å². The van der Waals surface area contributed by atoms with Crippen LogP contribution in [0, 0.1) is 0 Å². The van der Waals surface area contributed by atoms with Crippen molar-refractivity contribution in [2.75, 3.05) is 0 Å². The summed E-state index contributed by atoms with van der Waals surface area (Å²) in [5.74, 6) is -0.255. The number of rotatable bonds is 10. The molecule has 2 rings (SSSR count). The van der Waals surface area contributed by atoms with E-state index in [0.29, 0.717) is 34.9 Å². The van der Waals surface area contributed by atoms with Crippen LogP contribution in [-0.4, -0.2) is 28.8 Å². The second-order valence-corrected chi connectivity index (χ2v) is 8.31. The summed E-state index contributed by atoms with van der Waals surface area (Å²) in [5.41, 5.74) is 1.64. The number of halogens is 2. The molecular formula is C24H30Cl2N2O2. The molecule has 0 heterocycles. The van der Waals surface area contributed by atoms with Gasteiger partial charge >= 0.3 is 0 Å². The van der Waals surface area contributed by atoms with Crippen molar-refractivity contribution in [1.82, 2.24) is 10.2 Å². The van der Waals surface area contributed by atoms with E-state index in [2.05, 4.69) is 5.32 Å². The molecule has 0 saturated heterocycles. The maximum absolute atomic E-state index is 13.3. The van der Waals surface area contributed by atoms with Gasteiger partial charge in [-0.3, -0.25) is 9.59 Å². The average molecular weight is 449 g/mol. The van der Waals surface area contributed by atoms with E-state index in [1.807, 2.05) is 51.1 Å². The molecular weight excluding hydrogens is 419 g/mol. The van der Waals surface area contributed by atoms with E-state index in [1.54, 1.807) is 23.1 Å². The first kappa shape index (κ1) is 24.2. The molecule has 0 radical (unpaired) electrons. The molecule has 0 saturated carbocycles. The Balaban J connectivity index is 2.44. The molecule has 162 valence electrons. The summed E-state index contributed by atoms with van der Waals surface area (Å²) in [6.45, 7) is 6.11. The Kier molecular flexibility index (Phi) is 9.67. The number of nitrogens with zero attached hydrogens (tertiary/aromatic N) is 1. The lowest BCUT2D eigenvalue weighted by molar-refractivity contribution is -0.141. The van der Waals surface area contributed by atoms with Crippen molar-refractivity contribution < 1.29 is 9.59 Å². The van der Waals surface area contributed by atoms with Crippen LogP contribution in [0.2, 0.25) is 10.0 Å². The zero-order valence-electron chi connectivity index (χ0n) is 17.8. The van der Waals surface area contributed by atoms with Crippen molar-refractivity contribution in [3.63, 3.8) is 0 Å². The highest BCUT2D eigenvalue weighted by molar-refractivity contribution is 6.36. The van der Waals surface area contributed by atoms with Gasteiger partial charge in [0.1, 0.15) is 6.04 Å². The Morgan fingerprint density at radius 1 is 1.00 bits per heavy atom. The highest BCUT2D eigenvalue weighted by atomic mass is 35.5. The van der Waals surface area contributed by atoms with Crippen LogP contribution in [-0.2, 0) is 22.6 Å². The molecule has 2 atom stereocenters. The Morgan fingerprint density at radius 2 is 1.63 bits per heavy atom. The van der Waals surface area contributed by atoms with Crippen LogP contribution in [0.15, 0.2) is 48.5 Å². The first-order valence-corrected chi connectivity index (χ1v) is 11.2. The van der Waals surface area contributed by atoms with Crippen LogP contribution < -0.4 is 5.32 Å². The molecule has 30 heavy (non-hydrogen) atoms. The van der Waals surface area contributed by atoms with E-state index in [4.69, 9.17) is 23.2 Å². The predicted octanol–water partition coefficient (Wildman–Crippen LogP) is 5.65. The van der Waals surface area contributed by atoms with Gasteiger partial charge in [0.2, 0.25) is 11.8 Å². The number of carbonyl (C=O) groups is 2. The van der Waals surface area contributed by atoms with Gasteiger partial charge in [0, 0.05) is 41.0 Å². The second-order valence-electron chi connectivity index (χ2n) is 7.50. The Bertz CT molecular complexity index is 822. The average Bonchev–Trinajstić information content (AvgIpc) is 2.73. The smallest absolute Gasteiger partial charge is 0.243 e. The highest BCUT2D eigenvalue weighted by Crippen LogP contribution is 2.27. The van der Waals surface area contributed by atoms with Crippen LogP contribution in [0.1, 0.15) is 51.2 Å². The van der Waals surface area contributed by atoms with Crippen molar-refractivity contribution in [3.05, 3.63) is 69.7 Å². The zero-order valence-corrected chi connectivity index (χ0v) is 19.3. The lowest BCUT2D eigenvalue weighted by atomic mass is 10.0. The third kappa shape index (κ3) is 6.75. The molecule has 0 aromatic heterocycles. The van der Waals surface area contributed by atoms with Crippen LogP contribution in [0.3, 0.4) is 0 Å². The molecule has 2 amide bonds. The normalized spacial score (nSPS) is 12.8. The first-order chi connectivity index (χ1) is 14.4. The summed E-state index contributed by atoms with van der Waals surface area (Å²) >= 11 is 12.8. The quantitative estimate of drug-likeness (QED) is 0.510. The number of hydrogen-bond acceptors (Lipinski definition) is 2. The van der Waals surface area contributed by atoms with Gasteiger partial charge in [-0.25, -0.2) is 0 Å². The SMILES string of the molecule is CCCC(=O)N(Cc1c(Cl)cccc1Cl)[C@H](Cc1ccccc1)C(=O)N[C@H](C)CC. The monoisotopic (exact) mass is 448 g/mol. The fraction of sp³-hybridized carbons (Fsp3) is 0.417. The molecule has 0 fully saturated rings. The minimum atomic E-state index is -0.659. The molecule has 0 aliphatic carbocycles. The highest BCUT2D eigenvalue weighted by Gasteiger charge is 2.31. The fourth-order valence-electron chi connectivity index (χ4n) is 3.21. The molecule has 6 heteroatoms. The van der Waals surface area contributed by atoms with Gasteiger partial charge in [0.05, 0.1) is 0 Å². The largest absolute Gasteiger partial charge is 0.352 e. The van der Waals surface area contributed by atoms with Gasteiger partial charge in [-0.2, -0.15) is 0 Å². The van der Waals surface area contributed by atoms with Crippen LogP contribution in [0.5, 0.6) is 0 Å². The summed E-state index contributed by atoms with van der Waals surface area (Å²) in [5, 5.41) is 4.01. The zero-order chi connectivity index (χ0) is 22.1. The van der Waals surface area contributed by atoms with Crippen molar-refractivity contribution in [2.45, 2.75) is 65.1 Å². The lowest BCUT2D eigenvalue weighted by Crippen LogP contribution is -2.52. The molecule has 1 N–H and O–H groups in total. The molecule has 0 spiro atoms. The Labute approximate surface area is 189 Å². The Morgan fingerprint density at radius 3 is 2.20 bits per heavy atom. The predicted molar refractivity (Wildman–Crippen MR) is 124 cm³/mol. The van der Waals surface area contributed by atoms with Crippen molar-refractivity contribution in [3.8, 4) is 0 Å². The topological polar surface area (TPSA) is 49.4 Å². The molecule has 0 aliphatic heterocycles. The van der Waals surface area contributed by atoms with E-state index < -0.39 is 6.04 Å². The van der Waals surface area contributed by atoms with Gasteiger partial charge < -0.3 is 10.2 Å². The lowest BCUT2D eigenvalue weighted by Gasteiger charge is -2.32. The maximum atomic E-state index is 13.3. The third-order valence-corrected chi connectivity index (χ3v) is 5.83. The van der Waals surface area contributed by atoms with E-state index >= 15 is 0 Å².